The summed E-state index contributed by atoms with van der Waals surface area (Å²) in [5, 5.41) is 32.4. The van der Waals surface area contributed by atoms with Gasteiger partial charge in [-0.05, 0) is 67.6 Å². The lowest BCUT2D eigenvalue weighted by Gasteiger charge is -2.12. The summed E-state index contributed by atoms with van der Waals surface area (Å²) < 4.78 is 0. The number of benzene rings is 3. The number of aryl methyl sites for hydroxylation is 2. The molecule has 0 aliphatic rings. The molecular formula is C21H23N5O. The van der Waals surface area contributed by atoms with Crippen molar-refractivity contribution in [3.8, 4) is 5.75 Å². The number of hydrogen-bond acceptors (Lipinski definition) is 6. The number of hydrogen-bond donors (Lipinski definition) is 2. The maximum Gasteiger partial charge on any atom is 0.153 e. The third-order valence-electron chi connectivity index (χ3n) is 4.32. The van der Waals surface area contributed by atoms with Crippen LogP contribution in [-0.2, 0) is 0 Å². The Balaban J connectivity index is 2.05. The molecule has 0 fully saturated rings. The van der Waals surface area contributed by atoms with Gasteiger partial charge in [0.25, 0.3) is 0 Å². The molecule has 0 aromatic heterocycles. The summed E-state index contributed by atoms with van der Waals surface area (Å²) in [6, 6.07) is 13.5. The molecule has 3 rings (SSSR count). The van der Waals surface area contributed by atoms with Crippen molar-refractivity contribution in [2.45, 2.75) is 20.8 Å². The number of aromatic hydroxyl groups is 1. The standard InChI is InChI=1S/C21H23N5O/c1-5-23-18-8-6-7-15-11-14(3)20(21(27)19(15)18)26-24-16-9-10-17(25-22-4)13(2)12-16/h6-12,23,27H,5H2,1-4H3. The second-order valence-corrected chi connectivity index (χ2v) is 6.30. The molecule has 0 heterocycles. The van der Waals surface area contributed by atoms with Gasteiger partial charge in [0.1, 0.15) is 5.69 Å². The minimum absolute atomic E-state index is 0.137. The van der Waals surface area contributed by atoms with Gasteiger partial charge < -0.3 is 10.4 Å². The van der Waals surface area contributed by atoms with Crippen molar-refractivity contribution < 1.29 is 5.11 Å². The van der Waals surface area contributed by atoms with Crippen LogP contribution in [0.25, 0.3) is 10.8 Å². The van der Waals surface area contributed by atoms with Crippen LogP contribution in [0.1, 0.15) is 18.1 Å². The van der Waals surface area contributed by atoms with Gasteiger partial charge in [0.15, 0.2) is 5.75 Å². The lowest BCUT2D eigenvalue weighted by atomic mass is 10.0. The highest BCUT2D eigenvalue weighted by atomic mass is 16.3. The van der Waals surface area contributed by atoms with Gasteiger partial charge in [-0.2, -0.15) is 15.3 Å². The van der Waals surface area contributed by atoms with Crippen molar-refractivity contribution in [2.24, 2.45) is 20.5 Å². The SMILES string of the molecule is CCNc1cccc2cc(C)c(N=Nc3ccc(N=NC)c(C)c3)c(O)c12. The molecule has 2 N–H and O–H groups in total. The Bertz CT molecular complexity index is 1040. The first-order chi connectivity index (χ1) is 13.0. The Hall–Kier alpha value is -3.28. The third-order valence-corrected chi connectivity index (χ3v) is 4.32. The third kappa shape index (κ3) is 3.79. The molecular weight excluding hydrogens is 338 g/mol. The normalized spacial score (nSPS) is 11.7. The summed E-state index contributed by atoms with van der Waals surface area (Å²) in [5.74, 6) is 0.137. The summed E-state index contributed by atoms with van der Waals surface area (Å²) in [6.45, 7) is 6.66. The van der Waals surface area contributed by atoms with Crippen molar-refractivity contribution in [1.29, 1.82) is 0 Å². The van der Waals surface area contributed by atoms with E-state index in [1.54, 1.807) is 7.05 Å². The smallest absolute Gasteiger partial charge is 0.153 e. The first-order valence-electron chi connectivity index (χ1n) is 8.86. The lowest BCUT2D eigenvalue weighted by Crippen LogP contribution is -1.97. The van der Waals surface area contributed by atoms with Crippen LogP contribution in [0.3, 0.4) is 0 Å². The Morgan fingerprint density at radius 3 is 2.48 bits per heavy atom. The maximum atomic E-state index is 10.9. The average Bonchev–Trinajstić information content (AvgIpc) is 2.64. The van der Waals surface area contributed by atoms with Crippen LogP contribution < -0.4 is 5.32 Å². The Labute approximate surface area is 158 Å². The summed E-state index contributed by atoms with van der Waals surface area (Å²) in [7, 11) is 1.64. The van der Waals surface area contributed by atoms with Crippen LogP contribution in [0.5, 0.6) is 5.75 Å². The van der Waals surface area contributed by atoms with E-state index in [2.05, 4.69) is 25.8 Å². The van der Waals surface area contributed by atoms with E-state index in [9.17, 15) is 5.11 Å². The molecule has 0 saturated heterocycles. The van der Waals surface area contributed by atoms with Gasteiger partial charge in [0.2, 0.25) is 0 Å². The fourth-order valence-corrected chi connectivity index (χ4v) is 3.06. The van der Waals surface area contributed by atoms with Crippen LogP contribution in [0.2, 0.25) is 0 Å². The number of azo groups is 2. The highest BCUT2D eigenvalue weighted by molar-refractivity contribution is 6.02. The van der Waals surface area contributed by atoms with Gasteiger partial charge in [-0.25, -0.2) is 0 Å². The molecule has 0 aliphatic heterocycles. The first kappa shape index (κ1) is 18.5. The largest absolute Gasteiger partial charge is 0.505 e. The molecule has 6 nitrogen and oxygen atoms in total. The van der Waals surface area contributed by atoms with E-state index < -0.39 is 0 Å². The predicted octanol–water partition coefficient (Wildman–Crippen LogP) is 6.72. The summed E-state index contributed by atoms with van der Waals surface area (Å²) in [4.78, 5) is 0. The van der Waals surface area contributed by atoms with E-state index in [0.717, 1.165) is 39.8 Å². The number of phenolic OH excluding ortho intramolecular Hbond substituents is 1. The predicted molar refractivity (Wildman–Crippen MR) is 110 cm³/mol. The zero-order chi connectivity index (χ0) is 19.4. The minimum Gasteiger partial charge on any atom is -0.505 e. The minimum atomic E-state index is 0.137. The molecule has 27 heavy (non-hydrogen) atoms. The van der Waals surface area contributed by atoms with Crippen molar-refractivity contribution in [2.75, 3.05) is 18.9 Å². The fourth-order valence-electron chi connectivity index (χ4n) is 3.06. The number of rotatable bonds is 5. The van der Waals surface area contributed by atoms with Crippen LogP contribution in [0, 0.1) is 13.8 Å². The second-order valence-electron chi connectivity index (χ2n) is 6.30. The number of nitrogens with zero attached hydrogens (tertiary/aromatic N) is 4. The fraction of sp³-hybridized carbons (Fsp3) is 0.238. The maximum absolute atomic E-state index is 10.9. The number of anilines is 1. The summed E-state index contributed by atoms with van der Waals surface area (Å²) >= 11 is 0. The molecule has 0 aliphatic carbocycles. The van der Waals surface area contributed by atoms with Gasteiger partial charge in [-0.3, -0.25) is 0 Å². The average molecular weight is 361 g/mol. The summed E-state index contributed by atoms with van der Waals surface area (Å²) in [5.41, 5.74) is 4.69. The molecule has 0 spiro atoms. The highest BCUT2D eigenvalue weighted by Gasteiger charge is 2.13. The van der Waals surface area contributed by atoms with Crippen molar-refractivity contribution in [3.63, 3.8) is 0 Å². The van der Waals surface area contributed by atoms with Gasteiger partial charge in [-0.15, -0.1) is 5.11 Å². The van der Waals surface area contributed by atoms with Gasteiger partial charge in [0, 0.05) is 24.7 Å². The molecule has 0 atom stereocenters. The molecule has 0 amide bonds. The topological polar surface area (TPSA) is 81.7 Å². The van der Waals surface area contributed by atoms with Crippen molar-refractivity contribution in [1.82, 2.24) is 0 Å². The Morgan fingerprint density at radius 2 is 1.78 bits per heavy atom. The zero-order valence-corrected chi connectivity index (χ0v) is 16.0. The molecule has 0 bridgehead atoms. The molecule has 0 unspecified atom stereocenters. The second kappa shape index (κ2) is 7.95. The van der Waals surface area contributed by atoms with Gasteiger partial charge >= 0.3 is 0 Å². The molecule has 3 aromatic rings. The number of phenols is 1. The molecule has 138 valence electrons. The van der Waals surface area contributed by atoms with E-state index in [1.165, 1.54) is 0 Å². The van der Waals surface area contributed by atoms with E-state index in [-0.39, 0.29) is 5.75 Å². The molecule has 3 aromatic carbocycles. The van der Waals surface area contributed by atoms with Crippen LogP contribution in [0.15, 0.2) is 62.9 Å². The highest BCUT2D eigenvalue weighted by Crippen LogP contribution is 2.42. The Kier molecular flexibility index (Phi) is 5.45. The zero-order valence-electron chi connectivity index (χ0n) is 16.0. The van der Waals surface area contributed by atoms with Crippen LogP contribution in [-0.4, -0.2) is 18.7 Å². The number of nitrogens with one attached hydrogen (secondary N) is 1. The van der Waals surface area contributed by atoms with Gasteiger partial charge in [-0.1, -0.05) is 12.1 Å². The van der Waals surface area contributed by atoms with E-state index in [1.807, 2.05) is 63.2 Å². The molecule has 0 radical (unpaired) electrons. The van der Waals surface area contributed by atoms with E-state index >= 15 is 0 Å². The molecule has 6 heteroatoms. The van der Waals surface area contributed by atoms with Crippen molar-refractivity contribution >= 4 is 33.5 Å². The van der Waals surface area contributed by atoms with Gasteiger partial charge in [0.05, 0.1) is 11.4 Å². The quantitative estimate of drug-likeness (QED) is 0.494. The monoisotopic (exact) mass is 361 g/mol. The van der Waals surface area contributed by atoms with E-state index in [4.69, 9.17) is 0 Å². The van der Waals surface area contributed by atoms with Crippen LogP contribution in [0.4, 0.5) is 22.7 Å². The Morgan fingerprint density at radius 1 is 0.963 bits per heavy atom. The number of fused-ring (bicyclic) bond motifs is 1. The first-order valence-corrected chi connectivity index (χ1v) is 8.86. The van der Waals surface area contributed by atoms with E-state index in [0.29, 0.717) is 11.4 Å². The van der Waals surface area contributed by atoms with Crippen LogP contribution >= 0.6 is 0 Å². The summed E-state index contributed by atoms with van der Waals surface area (Å²) in [6.07, 6.45) is 0. The van der Waals surface area contributed by atoms with Crippen molar-refractivity contribution in [3.05, 3.63) is 53.6 Å². The lowest BCUT2D eigenvalue weighted by molar-refractivity contribution is 0.482. The molecule has 0 saturated carbocycles.